The van der Waals surface area contributed by atoms with Crippen molar-refractivity contribution < 1.29 is 10.2 Å². The lowest BCUT2D eigenvalue weighted by Crippen LogP contribution is -2.33. The van der Waals surface area contributed by atoms with Crippen molar-refractivity contribution in [2.24, 2.45) is 31.6 Å². The van der Waals surface area contributed by atoms with Gasteiger partial charge in [0.25, 0.3) is 0 Å². The zero-order valence-corrected chi connectivity index (χ0v) is 25.6. The molecule has 38 heavy (non-hydrogen) atoms. The molecule has 1 aromatic carbocycles. The van der Waals surface area contributed by atoms with Crippen molar-refractivity contribution in [1.29, 1.82) is 0 Å². The molecule has 0 aromatic heterocycles. The molecule has 0 saturated heterocycles. The minimum Gasteiger partial charge on any atom is -0.382 e. The van der Waals surface area contributed by atoms with E-state index in [-0.39, 0.29) is 21.7 Å². The van der Waals surface area contributed by atoms with Gasteiger partial charge >= 0.3 is 0 Å². The van der Waals surface area contributed by atoms with E-state index in [1.54, 1.807) is 0 Å². The average Bonchev–Trinajstić information content (AvgIpc) is 2.73. The fourth-order valence-corrected chi connectivity index (χ4v) is 4.61. The molecule has 0 spiro atoms. The van der Waals surface area contributed by atoms with Crippen molar-refractivity contribution in [3.8, 4) is 0 Å². The minimum absolute atomic E-state index is 0.0717. The third kappa shape index (κ3) is 6.90. The molecule has 4 nitrogen and oxygen atoms in total. The van der Waals surface area contributed by atoms with Crippen LogP contribution in [0, 0.1) is 21.7 Å². The molecule has 0 aliphatic heterocycles. The highest BCUT2D eigenvalue weighted by molar-refractivity contribution is 6.05. The number of benzene rings is 1. The van der Waals surface area contributed by atoms with Gasteiger partial charge in [-0.15, -0.1) is 0 Å². The summed E-state index contributed by atoms with van der Waals surface area (Å²) in [7, 11) is 0. The van der Waals surface area contributed by atoms with E-state index in [2.05, 4.69) is 95.2 Å². The van der Waals surface area contributed by atoms with Crippen LogP contribution in [-0.2, 0) is 0 Å². The Balaban J connectivity index is 2.07. The highest BCUT2D eigenvalue weighted by atomic mass is 16.3. The van der Waals surface area contributed by atoms with E-state index in [0.717, 1.165) is 33.7 Å². The van der Waals surface area contributed by atoms with Crippen molar-refractivity contribution >= 4 is 22.8 Å². The molecule has 1 aromatic rings. The summed E-state index contributed by atoms with van der Waals surface area (Å²) < 4.78 is 0. The SMILES string of the molecule is CC(C)(C)C1=CC(=Nc2cccc(N=C3C=C(C(C)(C)C)C=C(C(C)(C)C)C3O)c2)C(O)C(C(C)(C)C)=C1. The molecule has 2 aliphatic carbocycles. The van der Waals surface area contributed by atoms with Crippen LogP contribution in [0.4, 0.5) is 11.4 Å². The van der Waals surface area contributed by atoms with Crippen LogP contribution >= 0.6 is 0 Å². The first-order chi connectivity index (χ1) is 17.2. The summed E-state index contributed by atoms with van der Waals surface area (Å²) in [6.07, 6.45) is 6.76. The van der Waals surface area contributed by atoms with Crippen LogP contribution in [-0.4, -0.2) is 33.8 Å². The zero-order valence-electron chi connectivity index (χ0n) is 25.6. The zero-order chi connectivity index (χ0) is 28.8. The first-order valence-electron chi connectivity index (χ1n) is 13.7. The maximum absolute atomic E-state index is 11.3. The summed E-state index contributed by atoms with van der Waals surface area (Å²) >= 11 is 0. The average molecular weight is 517 g/mol. The van der Waals surface area contributed by atoms with Crippen LogP contribution in [0.3, 0.4) is 0 Å². The summed E-state index contributed by atoms with van der Waals surface area (Å²) in [5, 5.41) is 22.5. The standard InChI is InChI=1S/C34H48N2O2/c1-31(2,3)21-16-25(33(7,8)9)29(37)27(18-21)35-23-14-13-15-24(20-23)36-28-19-22(32(4,5)6)17-26(30(28)38)34(10,11)12/h13-20,29-30,37-38H,1-12H3. The Hall–Kier alpha value is -2.56. The summed E-state index contributed by atoms with van der Waals surface area (Å²) in [4.78, 5) is 9.80. The third-order valence-electron chi connectivity index (χ3n) is 7.19. The van der Waals surface area contributed by atoms with Crippen molar-refractivity contribution in [3.63, 3.8) is 0 Å². The molecule has 206 valence electrons. The van der Waals surface area contributed by atoms with Gasteiger partial charge < -0.3 is 10.2 Å². The van der Waals surface area contributed by atoms with Gasteiger partial charge in [-0.2, -0.15) is 0 Å². The Morgan fingerprint density at radius 2 is 0.868 bits per heavy atom. The molecule has 0 amide bonds. The number of hydrogen-bond donors (Lipinski definition) is 2. The van der Waals surface area contributed by atoms with E-state index >= 15 is 0 Å². The number of aliphatic hydroxyl groups excluding tert-OH is 2. The van der Waals surface area contributed by atoms with E-state index in [9.17, 15) is 10.2 Å². The molecule has 0 fully saturated rings. The first kappa shape index (κ1) is 30.0. The molecule has 0 heterocycles. The molecule has 0 saturated carbocycles. The Morgan fingerprint density at radius 1 is 0.526 bits per heavy atom. The fourth-order valence-electron chi connectivity index (χ4n) is 4.61. The van der Waals surface area contributed by atoms with Gasteiger partial charge in [0.05, 0.1) is 22.8 Å². The number of allylic oxidation sites excluding steroid dienone is 4. The van der Waals surface area contributed by atoms with Gasteiger partial charge in [-0.1, -0.05) is 101 Å². The second-order valence-corrected chi connectivity index (χ2v) is 14.8. The quantitative estimate of drug-likeness (QED) is 0.414. The minimum atomic E-state index is -0.770. The Kier molecular flexibility index (Phi) is 8.05. The van der Waals surface area contributed by atoms with Gasteiger partial charge in [-0.25, -0.2) is 0 Å². The summed E-state index contributed by atoms with van der Waals surface area (Å²) in [5.41, 5.74) is 6.42. The number of hydrogen-bond acceptors (Lipinski definition) is 4. The van der Waals surface area contributed by atoms with E-state index < -0.39 is 12.2 Å². The molecule has 2 aliphatic rings. The Morgan fingerprint density at radius 3 is 1.16 bits per heavy atom. The van der Waals surface area contributed by atoms with Crippen LogP contribution in [0.1, 0.15) is 83.1 Å². The second-order valence-electron chi connectivity index (χ2n) is 14.8. The van der Waals surface area contributed by atoms with Crippen LogP contribution in [0.5, 0.6) is 0 Å². The molecule has 3 rings (SSSR count). The van der Waals surface area contributed by atoms with E-state index in [1.165, 1.54) is 0 Å². The molecule has 2 unspecified atom stereocenters. The van der Waals surface area contributed by atoms with Crippen molar-refractivity contribution in [2.75, 3.05) is 0 Å². The van der Waals surface area contributed by atoms with Gasteiger partial charge in [-0.3, -0.25) is 9.98 Å². The lowest BCUT2D eigenvalue weighted by atomic mass is 9.73. The molecular formula is C34H48N2O2. The van der Waals surface area contributed by atoms with Gasteiger partial charge in [0, 0.05) is 0 Å². The molecular weight excluding hydrogens is 468 g/mol. The predicted molar refractivity (Wildman–Crippen MR) is 163 cm³/mol. The number of nitrogens with zero attached hydrogens (tertiary/aromatic N) is 2. The van der Waals surface area contributed by atoms with Gasteiger partial charge in [0.2, 0.25) is 0 Å². The first-order valence-corrected chi connectivity index (χ1v) is 13.7. The molecule has 2 N–H and O–H groups in total. The van der Waals surface area contributed by atoms with E-state index in [0.29, 0.717) is 11.4 Å². The monoisotopic (exact) mass is 516 g/mol. The van der Waals surface area contributed by atoms with Crippen molar-refractivity contribution in [2.45, 2.75) is 95.3 Å². The highest BCUT2D eigenvalue weighted by Crippen LogP contribution is 2.40. The summed E-state index contributed by atoms with van der Waals surface area (Å²) in [6, 6.07) is 7.69. The summed E-state index contributed by atoms with van der Waals surface area (Å²) in [5.74, 6) is 0. The maximum atomic E-state index is 11.3. The van der Waals surface area contributed by atoms with Crippen LogP contribution in [0.2, 0.25) is 0 Å². The van der Waals surface area contributed by atoms with Crippen LogP contribution in [0.25, 0.3) is 0 Å². The highest BCUT2D eigenvalue weighted by Gasteiger charge is 2.34. The molecule has 0 bridgehead atoms. The maximum Gasteiger partial charge on any atom is 0.118 e. The Bertz CT molecular complexity index is 1160. The molecule has 0 radical (unpaired) electrons. The van der Waals surface area contributed by atoms with Gasteiger partial charge in [0.1, 0.15) is 12.2 Å². The third-order valence-corrected chi connectivity index (χ3v) is 7.19. The second kappa shape index (κ2) is 10.2. The van der Waals surface area contributed by atoms with Crippen molar-refractivity contribution in [3.05, 3.63) is 70.9 Å². The van der Waals surface area contributed by atoms with E-state index in [4.69, 9.17) is 9.98 Å². The summed E-state index contributed by atoms with van der Waals surface area (Å²) in [6.45, 7) is 25.8. The van der Waals surface area contributed by atoms with Gasteiger partial charge in [-0.05, 0) is 74.3 Å². The lowest BCUT2D eigenvalue weighted by molar-refractivity contribution is 0.244. The normalized spacial score (nSPS) is 23.7. The van der Waals surface area contributed by atoms with E-state index in [1.807, 2.05) is 36.4 Å². The Labute approximate surface area is 230 Å². The van der Waals surface area contributed by atoms with Crippen molar-refractivity contribution in [1.82, 2.24) is 0 Å². The molecule has 2 atom stereocenters. The number of aliphatic imine (C=N–C) groups is 2. The van der Waals surface area contributed by atoms with Crippen LogP contribution < -0.4 is 0 Å². The lowest BCUT2D eigenvalue weighted by Gasteiger charge is -2.34. The predicted octanol–water partition coefficient (Wildman–Crippen LogP) is 8.47. The largest absolute Gasteiger partial charge is 0.382 e. The fraction of sp³-hybridized carbons (Fsp3) is 0.529. The van der Waals surface area contributed by atoms with Crippen LogP contribution in [0.15, 0.2) is 80.8 Å². The number of rotatable bonds is 2. The smallest absolute Gasteiger partial charge is 0.118 e. The number of aliphatic hydroxyl groups is 2. The van der Waals surface area contributed by atoms with Gasteiger partial charge in [0.15, 0.2) is 0 Å². The topological polar surface area (TPSA) is 65.2 Å². The molecule has 4 heteroatoms.